The topological polar surface area (TPSA) is 63.9 Å². The Bertz CT molecular complexity index is 1090. The number of aliphatic hydroxyl groups excluding tert-OH is 2. The summed E-state index contributed by atoms with van der Waals surface area (Å²) in [5.74, 6) is -0.0150. The van der Waals surface area contributed by atoms with Crippen LogP contribution in [0, 0.1) is 11.7 Å². The number of para-hydroxylation sites is 1. The van der Waals surface area contributed by atoms with Crippen LogP contribution in [0.5, 0.6) is 5.75 Å². The molecule has 3 aromatic rings. The summed E-state index contributed by atoms with van der Waals surface area (Å²) in [6.45, 7) is -0.135. The van der Waals surface area contributed by atoms with E-state index in [-0.39, 0.29) is 30.1 Å². The minimum absolute atomic E-state index is 0.135. The van der Waals surface area contributed by atoms with Crippen LogP contribution in [-0.4, -0.2) is 20.3 Å². The molecule has 1 aliphatic heterocycles. The average Bonchev–Trinajstić information content (AvgIpc) is 3.15. The van der Waals surface area contributed by atoms with E-state index >= 15 is 0 Å². The zero-order valence-corrected chi connectivity index (χ0v) is 19.1. The quantitative estimate of drug-likeness (QED) is 0.366. The van der Waals surface area contributed by atoms with Crippen molar-refractivity contribution >= 4 is 22.9 Å². The summed E-state index contributed by atoms with van der Waals surface area (Å²) >= 11 is 5.78. The van der Waals surface area contributed by atoms with Crippen molar-refractivity contribution in [3.63, 3.8) is 0 Å². The van der Waals surface area contributed by atoms with E-state index in [1.54, 1.807) is 18.2 Å². The third-order valence-electron chi connectivity index (χ3n) is 6.37. The maximum atomic E-state index is 13.2. The Hall–Kier alpha value is -2.80. The summed E-state index contributed by atoms with van der Waals surface area (Å²) in [7, 11) is 0. The summed E-state index contributed by atoms with van der Waals surface area (Å²) < 4.78 is 13.2. The van der Waals surface area contributed by atoms with Crippen LogP contribution in [0.1, 0.15) is 54.5 Å². The zero-order valence-electron chi connectivity index (χ0n) is 18.3. The predicted molar refractivity (Wildman–Crippen MR) is 132 cm³/mol. The van der Waals surface area contributed by atoms with Crippen LogP contribution >= 0.6 is 12.2 Å². The Morgan fingerprint density at radius 3 is 2.42 bits per heavy atom. The fraction of sp³-hybridized carbons (Fsp3) is 0.296. The fourth-order valence-electron chi connectivity index (χ4n) is 4.71. The minimum atomic E-state index is -0.653. The SMILES string of the molecule is OCc1ccc([C@@H]2[C@@H](CCC[C@@H](O)c3ccc(F)cc3)CC(=S)N2c2ccccc2)c(O)c1. The van der Waals surface area contributed by atoms with Gasteiger partial charge in [-0.25, -0.2) is 4.39 Å². The van der Waals surface area contributed by atoms with Crippen molar-refractivity contribution in [2.75, 3.05) is 4.90 Å². The molecule has 0 aromatic heterocycles. The number of anilines is 1. The Morgan fingerprint density at radius 1 is 1.03 bits per heavy atom. The summed E-state index contributed by atoms with van der Waals surface area (Å²) in [6.07, 6.45) is 2.19. The molecule has 1 heterocycles. The molecular weight excluding hydrogens is 437 g/mol. The number of aliphatic hydroxyl groups is 2. The van der Waals surface area contributed by atoms with Crippen LogP contribution in [0.3, 0.4) is 0 Å². The van der Waals surface area contributed by atoms with Gasteiger partial charge in [0.25, 0.3) is 0 Å². The molecule has 0 radical (unpaired) electrons. The first-order valence-corrected chi connectivity index (χ1v) is 11.6. The number of phenolic OH excluding ortho intramolecular Hbond substituents is 1. The fourth-order valence-corrected chi connectivity index (χ4v) is 5.14. The van der Waals surface area contributed by atoms with E-state index in [1.165, 1.54) is 12.1 Å². The van der Waals surface area contributed by atoms with E-state index in [9.17, 15) is 19.7 Å². The van der Waals surface area contributed by atoms with Crippen LogP contribution in [-0.2, 0) is 6.61 Å². The van der Waals surface area contributed by atoms with Gasteiger partial charge in [-0.2, -0.15) is 0 Å². The highest BCUT2D eigenvalue weighted by molar-refractivity contribution is 7.80. The maximum Gasteiger partial charge on any atom is 0.123 e. The Morgan fingerprint density at radius 2 is 1.76 bits per heavy atom. The number of benzene rings is 3. The van der Waals surface area contributed by atoms with Gasteiger partial charge in [0.05, 0.1) is 23.7 Å². The van der Waals surface area contributed by atoms with Gasteiger partial charge in [0, 0.05) is 17.7 Å². The molecule has 0 spiro atoms. The smallest absolute Gasteiger partial charge is 0.123 e. The van der Waals surface area contributed by atoms with Gasteiger partial charge in [0.2, 0.25) is 0 Å². The van der Waals surface area contributed by atoms with E-state index in [0.717, 1.165) is 29.1 Å². The highest BCUT2D eigenvalue weighted by Gasteiger charge is 2.40. The highest BCUT2D eigenvalue weighted by Crippen LogP contribution is 2.46. The number of rotatable bonds is 8. The molecule has 33 heavy (non-hydrogen) atoms. The second kappa shape index (κ2) is 10.4. The molecule has 0 bridgehead atoms. The molecule has 1 fully saturated rings. The van der Waals surface area contributed by atoms with Crippen LogP contribution < -0.4 is 4.90 Å². The number of hydrogen-bond donors (Lipinski definition) is 3. The first kappa shape index (κ1) is 23.4. The van der Waals surface area contributed by atoms with Crippen LogP contribution in [0.15, 0.2) is 72.8 Å². The molecule has 3 N–H and O–H groups in total. The molecule has 0 unspecified atom stereocenters. The van der Waals surface area contributed by atoms with Gasteiger partial charge in [0.15, 0.2) is 0 Å². The lowest BCUT2D eigenvalue weighted by atomic mass is 9.87. The molecule has 4 nitrogen and oxygen atoms in total. The van der Waals surface area contributed by atoms with Crippen molar-refractivity contribution in [2.24, 2.45) is 5.92 Å². The third kappa shape index (κ3) is 5.24. The molecule has 0 amide bonds. The van der Waals surface area contributed by atoms with Crippen molar-refractivity contribution in [1.29, 1.82) is 0 Å². The van der Waals surface area contributed by atoms with Crippen LogP contribution in [0.4, 0.5) is 10.1 Å². The van der Waals surface area contributed by atoms with Crippen molar-refractivity contribution in [3.8, 4) is 5.75 Å². The lowest BCUT2D eigenvalue weighted by molar-refractivity contribution is 0.160. The second-order valence-corrected chi connectivity index (χ2v) is 9.03. The normalized spacial score (nSPS) is 19.1. The van der Waals surface area contributed by atoms with Crippen molar-refractivity contribution in [1.82, 2.24) is 0 Å². The van der Waals surface area contributed by atoms with Gasteiger partial charge < -0.3 is 20.2 Å². The minimum Gasteiger partial charge on any atom is -0.508 e. The summed E-state index contributed by atoms with van der Waals surface area (Å²) in [4.78, 5) is 2.94. The molecule has 0 saturated carbocycles. The Labute approximate surface area is 198 Å². The van der Waals surface area contributed by atoms with Gasteiger partial charge in [-0.3, -0.25) is 0 Å². The lowest BCUT2D eigenvalue weighted by Crippen LogP contribution is -2.28. The zero-order chi connectivity index (χ0) is 23.4. The van der Waals surface area contributed by atoms with Crippen molar-refractivity contribution in [3.05, 3.63) is 95.3 Å². The number of phenols is 1. The number of thiocarbonyl (C=S) groups is 1. The van der Waals surface area contributed by atoms with Gasteiger partial charge in [-0.1, -0.05) is 61.1 Å². The molecule has 1 aliphatic rings. The standard InChI is InChI=1S/C27H28FNO3S/c28-21-12-10-19(11-13-21)24(31)8-4-5-20-16-26(33)29(22-6-2-1-3-7-22)27(20)23-14-9-18(17-30)15-25(23)32/h1-3,6-7,9-15,20,24,27,30-32H,4-5,8,16-17H2/t20-,24+,27-/m0/s1. The maximum absolute atomic E-state index is 13.2. The molecule has 4 rings (SSSR count). The van der Waals surface area contributed by atoms with Gasteiger partial charge in [0.1, 0.15) is 11.6 Å². The van der Waals surface area contributed by atoms with Gasteiger partial charge in [-0.05, 0) is 60.2 Å². The van der Waals surface area contributed by atoms with E-state index in [2.05, 4.69) is 4.90 Å². The summed E-state index contributed by atoms with van der Waals surface area (Å²) in [5, 5.41) is 30.7. The monoisotopic (exact) mass is 465 g/mol. The number of halogens is 1. The third-order valence-corrected chi connectivity index (χ3v) is 6.73. The van der Waals surface area contributed by atoms with Gasteiger partial charge in [-0.15, -0.1) is 0 Å². The number of aromatic hydroxyl groups is 1. The summed E-state index contributed by atoms with van der Waals surface area (Å²) in [6, 6.07) is 21.0. The number of hydrogen-bond acceptors (Lipinski definition) is 4. The van der Waals surface area contributed by atoms with Crippen LogP contribution in [0.2, 0.25) is 0 Å². The second-order valence-electron chi connectivity index (χ2n) is 8.56. The van der Waals surface area contributed by atoms with E-state index in [1.807, 2.05) is 42.5 Å². The summed E-state index contributed by atoms with van der Waals surface area (Å²) in [5.41, 5.74) is 3.12. The molecule has 1 saturated heterocycles. The number of nitrogens with zero attached hydrogens (tertiary/aromatic N) is 1. The largest absolute Gasteiger partial charge is 0.508 e. The Balaban J connectivity index is 1.55. The first-order chi connectivity index (χ1) is 16.0. The van der Waals surface area contributed by atoms with Gasteiger partial charge >= 0.3 is 0 Å². The lowest BCUT2D eigenvalue weighted by Gasteiger charge is -2.31. The molecule has 3 aromatic carbocycles. The van der Waals surface area contributed by atoms with Crippen molar-refractivity contribution in [2.45, 2.75) is 44.4 Å². The first-order valence-electron chi connectivity index (χ1n) is 11.2. The average molecular weight is 466 g/mol. The van der Waals surface area contributed by atoms with E-state index in [4.69, 9.17) is 12.2 Å². The predicted octanol–water partition coefficient (Wildman–Crippen LogP) is 5.82. The molecule has 6 heteroatoms. The van der Waals surface area contributed by atoms with Crippen molar-refractivity contribution < 1.29 is 19.7 Å². The Kier molecular flexibility index (Phi) is 7.38. The molecule has 3 atom stereocenters. The highest BCUT2D eigenvalue weighted by atomic mass is 32.1. The molecule has 172 valence electrons. The van der Waals surface area contributed by atoms with E-state index in [0.29, 0.717) is 24.0 Å². The van der Waals surface area contributed by atoms with Crippen LogP contribution in [0.25, 0.3) is 0 Å². The molecular formula is C27H28FNO3S. The molecule has 0 aliphatic carbocycles. The van der Waals surface area contributed by atoms with E-state index < -0.39 is 6.10 Å².